The predicted molar refractivity (Wildman–Crippen MR) is 59.1 cm³/mol. The van der Waals surface area contributed by atoms with Gasteiger partial charge in [-0.3, -0.25) is 0 Å². The van der Waals surface area contributed by atoms with E-state index in [1.54, 1.807) is 6.26 Å². The Labute approximate surface area is 89.3 Å². The molecule has 0 atom stereocenters. The van der Waals surface area contributed by atoms with Crippen LogP contribution in [0, 0.1) is 18.3 Å². The van der Waals surface area contributed by atoms with E-state index >= 15 is 0 Å². The molecule has 0 aliphatic carbocycles. The minimum Gasteiger partial charge on any atom is -0.468 e. The first-order chi connectivity index (χ1) is 6.84. The molecule has 0 aromatic carbocycles. The molecular formula is C11H15NOS. The van der Waals surface area contributed by atoms with Crippen LogP contribution < -0.4 is 0 Å². The van der Waals surface area contributed by atoms with Crippen molar-refractivity contribution in [1.29, 1.82) is 5.26 Å². The van der Waals surface area contributed by atoms with Crippen LogP contribution in [0.2, 0.25) is 0 Å². The van der Waals surface area contributed by atoms with Crippen molar-refractivity contribution < 1.29 is 4.42 Å². The van der Waals surface area contributed by atoms with Crippen molar-refractivity contribution in [3.8, 4) is 6.07 Å². The van der Waals surface area contributed by atoms with Gasteiger partial charge in [-0.1, -0.05) is 0 Å². The SMILES string of the molecule is Cc1ccoc1CSCCCCC#N. The Balaban J connectivity index is 2.05. The highest BCUT2D eigenvalue weighted by molar-refractivity contribution is 7.98. The normalized spacial score (nSPS) is 10.0. The molecule has 0 bridgehead atoms. The number of thioether (sulfide) groups is 1. The number of furan rings is 1. The van der Waals surface area contributed by atoms with Crippen LogP contribution >= 0.6 is 11.8 Å². The summed E-state index contributed by atoms with van der Waals surface area (Å²) in [6.07, 6.45) is 4.56. The molecule has 76 valence electrons. The van der Waals surface area contributed by atoms with Gasteiger partial charge in [0.15, 0.2) is 0 Å². The molecule has 1 rings (SSSR count). The van der Waals surface area contributed by atoms with Crippen molar-refractivity contribution in [2.75, 3.05) is 5.75 Å². The van der Waals surface area contributed by atoms with E-state index in [1.165, 1.54) is 5.56 Å². The van der Waals surface area contributed by atoms with Gasteiger partial charge in [0.25, 0.3) is 0 Å². The number of unbranched alkanes of at least 4 members (excludes halogenated alkanes) is 2. The highest BCUT2D eigenvalue weighted by Gasteiger charge is 2.00. The van der Waals surface area contributed by atoms with Crippen molar-refractivity contribution in [3.63, 3.8) is 0 Å². The van der Waals surface area contributed by atoms with Gasteiger partial charge in [0.2, 0.25) is 0 Å². The number of aryl methyl sites for hydroxylation is 1. The van der Waals surface area contributed by atoms with Gasteiger partial charge in [-0.15, -0.1) is 0 Å². The highest BCUT2D eigenvalue weighted by atomic mass is 32.2. The molecule has 0 saturated carbocycles. The summed E-state index contributed by atoms with van der Waals surface area (Å²) in [5.41, 5.74) is 1.23. The number of nitriles is 1. The average molecular weight is 209 g/mol. The van der Waals surface area contributed by atoms with Crippen molar-refractivity contribution in [1.82, 2.24) is 0 Å². The molecule has 0 spiro atoms. The monoisotopic (exact) mass is 209 g/mol. The molecule has 0 aliphatic heterocycles. The van der Waals surface area contributed by atoms with Gasteiger partial charge in [0, 0.05) is 6.42 Å². The first kappa shape index (κ1) is 11.2. The van der Waals surface area contributed by atoms with Crippen LogP contribution in [0.3, 0.4) is 0 Å². The van der Waals surface area contributed by atoms with Crippen LogP contribution in [0.1, 0.15) is 30.6 Å². The Morgan fingerprint density at radius 2 is 2.36 bits per heavy atom. The maximum atomic E-state index is 8.34. The van der Waals surface area contributed by atoms with Crippen molar-refractivity contribution in [2.45, 2.75) is 31.9 Å². The van der Waals surface area contributed by atoms with Gasteiger partial charge in [-0.25, -0.2) is 0 Å². The lowest BCUT2D eigenvalue weighted by molar-refractivity contribution is 0.528. The third kappa shape index (κ3) is 3.89. The Hall–Kier alpha value is -0.880. The van der Waals surface area contributed by atoms with Gasteiger partial charge in [-0.05, 0) is 37.1 Å². The second-order valence-corrected chi connectivity index (χ2v) is 4.30. The summed E-state index contributed by atoms with van der Waals surface area (Å²) >= 11 is 1.87. The zero-order valence-electron chi connectivity index (χ0n) is 8.45. The molecular weight excluding hydrogens is 194 g/mol. The fourth-order valence-corrected chi connectivity index (χ4v) is 2.16. The molecule has 0 N–H and O–H groups in total. The van der Waals surface area contributed by atoms with E-state index in [-0.39, 0.29) is 0 Å². The summed E-state index contributed by atoms with van der Waals surface area (Å²) in [6, 6.07) is 4.15. The topological polar surface area (TPSA) is 36.9 Å². The van der Waals surface area contributed by atoms with E-state index in [9.17, 15) is 0 Å². The quantitative estimate of drug-likeness (QED) is 0.673. The van der Waals surface area contributed by atoms with Crippen LogP contribution in [0.5, 0.6) is 0 Å². The highest BCUT2D eigenvalue weighted by Crippen LogP contribution is 2.18. The van der Waals surface area contributed by atoms with Crippen molar-refractivity contribution in [3.05, 3.63) is 23.7 Å². The third-order valence-corrected chi connectivity index (χ3v) is 3.07. The number of hydrogen-bond donors (Lipinski definition) is 0. The second-order valence-electron chi connectivity index (χ2n) is 3.19. The molecule has 0 radical (unpaired) electrons. The summed E-state index contributed by atoms with van der Waals surface area (Å²) in [4.78, 5) is 0. The zero-order valence-corrected chi connectivity index (χ0v) is 9.27. The third-order valence-electron chi connectivity index (χ3n) is 2.03. The molecule has 14 heavy (non-hydrogen) atoms. The molecule has 2 nitrogen and oxygen atoms in total. The fourth-order valence-electron chi connectivity index (χ4n) is 1.13. The maximum Gasteiger partial charge on any atom is 0.116 e. The second kappa shape index (κ2) is 6.56. The molecule has 0 unspecified atom stereocenters. The van der Waals surface area contributed by atoms with E-state index in [2.05, 4.69) is 13.0 Å². The predicted octanol–water partition coefficient (Wildman–Crippen LogP) is 3.52. The molecule has 0 fully saturated rings. The molecule has 1 aromatic rings. The van der Waals surface area contributed by atoms with Crippen molar-refractivity contribution >= 4 is 11.8 Å². The van der Waals surface area contributed by atoms with Gasteiger partial charge in [0.1, 0.15) is 5.76 Å². The summed E-state index contributed by atoms with van der Waals surface area (Å²) in [6.45, 7) is 2.06. The summed E-state index contributed by atoms with van der Waals surface area (Å²) in [5, 5.41) is 8.34. The largest absolute Gasteiger partial charge is 0.468 e. The standard InChI is InChI=1S/C11H15NOS/c1-10-5-7-13-11(10)9-14-8-4-2-3-6-12/h5,7H,2-4,8-9H2,1H3. The van der Waals surface area contributed by atoms with Gasteiger partial charge in [-0.2, -0.15) is 17.0 Å². The van der Waals surface area contributed by atoms with Crippen LogP contribution in [-0.4, -0.2) is 5.75 Å². The van der Waals surface area contributed by atoms with E-state index < -0.39 is 0 Å². The average Bonchev–Trinajstić information content (AvgIpc) is 2.58. The van der Waals surface area contributed by atoms with E-state index in [4.69, 9.17) is 9.68 Å². The number of hydrogen-bond acceptors (Lipinski definition) is 3. The van der Waals surface area contributed by atoms with Crippen LogP contribution in [0.15, 0.2) is 16.7 Å². The zero-order chi connectivity index (χ0) is 10.2. The van der Waals surface area contributed by atoms with Crippen LogP contribution in [0.25, 0.3) is 0 Å². The Bertz CT molecular complexity index is 300. The summed E-state index contributed by atoms with van der Waals surface area (Å²) < 4.78 is 5.32. The molecule has 3 heteroatoms. The summed E-state index contributed by atoms with van der Waals surface area (Å²) in [5.74, 6) is 3.14. The number of rotatable bonds is 6. The van der Waals surface area contributed by atoms with Gasteiger partial charge in [0.05, 0.1) is 18.1 Å². The van der Waals surface area contributed by atoms with Crippen LogP contribution in [0.4, 0.5) is 0 Å². The lowest BCUT2D eigenvalue weighted by Gasteiger charge is -1.98. The van der Waals surface area contributed by atoms with Gasteiger partial charge < -0.3 is 4.42 Å². The minimum atomic E-state index is 0.681. The van der Waals surface area contributed by atoms with E-state index in [0.29, 0.717) is 6.42 Å². The summed E-state index contributed by atoms with van der Waals surface area (Å²) in [7, 11) is 0. The molecule has 1 aromatic heterocycles. The molecule has 0 aliphatic rings. The number of nitrogens with zero attached hydrogens (tertiary/aromatic N) is 1. The first-order valence-electron chi connectivity index (χ1n) is 4.82. The van der Waals surface area contributed by atoms with Crippen LogP contribution in [-0.2, 0) is 5.75 Å². The smallest absolute Gasteiger partial charge is 0.116 e. The molecule has 0 saturated heterocycles. The fraction of sp³-hybridized carbons (Fsp3) is 0.545. The maximum absolute atomic E-state index is 8.34. The Morgan fingerprint density at radius 3 is 3.00 bits per heavy atom. The molecule has 0 amide bonds. The minimum absolute atomic E-state index is 0.681. The van der Waals surface area contributed by atoms with Gasteiger partial charge >= 0.3 is 0 Å². The van der Waals surface area contributed by atoms with E-state index in [1.807, 2.05) is 17.8 Å². The first-order valence-corrected chi connectivity index (χ1v) is 5.97. The van der Waals surface area contributed by atoms with Crippen molar-refractivity contribution in [2.24, 2.45) is 0 Å². The Kier molecular flexibility index (Phi) is 5.24. The lowest BCUT2D eigenvalue weighted by atomic mass is 10.3. The Morgan fingerprint density at radius 1 is 1.50 bits per heavy atom. The lowest BCUT2D eigenvalue weighted by Crippen LogP contribution is -1.84. The van der Waals surface area contributed by atoms with E-state index in [0.717, 1.165) is 30.1 Å². The molecule has 1 heterocycles.